The van der Waals surface area contributed by atoms with Crippen LogP contribution < -0.4 is 5.32 Å². The summed E-state index contributed by atoms with van der Waals surface area (Å²) in [5.74, 6) is 0.840. The molecule has 0 unspecified atom stereocenters. The van der Waals surface area contributed by atoms with Gasteiger partial charge in [0.2, 0.25) is 0 Å². The number of hydrogen-bond acceptors (Lipinski definition) is 1. The van der Waals surface area contributed by atoms with Crippen molar-refractivity contribution in [3.63, 3.8) is 0 Å². The van der Waals surface area contributed by atoms with Gasteiger partial charge in [0.15, 0.2) is 0 Å². The molecule has 0 aliphatic carbocycles. The minimum Gasteiger partial charge on any atom is -0.314 e. The van der Waals surface area contributed by atoms with Crippen LogP contribution in [0, 0.1) is 5.92 Å². The highest BCUT2D eigenvalue weighted by molar-refractivity contribution is 4.58. The Morgan fingerprint density at radius 3 is 2.20 bits per heavy atom. The summed E-state index contributed by atoms with van der Waals surface area (Å²) in [5, 5.41) is 3.43. The van der Waals surface area contributed by atoms with Gasteiger partial charge in [-0.25, -0.2) is 0 Å². The third kappa shape index (κ3) is 6.09. The molecular formula is C9H21N. The molecule has 0 aromatic carbocycles. The molecule has 1 atom stereocenters. The highest BCUT2D eigenvalue weighted by Gasteiger charge is 1.99. The summed E-state index contributed by atoms with van der Waals surface area (Å²) in [5.41, 5.74) is 0. The summed E-state index contributed by atoms with van der Waals surface area (Å²) in [7, 11) is 0. The standard InChI is InChI=1S/C9H21N/c1-5-6-9(4)7-10-8(2)3/h8-10H,5-7H2,1-4H3/t9-/m0/s1. The lowest BCUT2D eigenvalue weighted by molar-refractivity contribution is 0.450. The Kier molecular flexibility index (Phi) is 5.70. The fourth-order valence-corrected chi connectivity index (χ4v) is 1.03. The van der Waals surface area contributed by atoms with Crippen molar-refractivity contribution >= 4 is 0 Å². The second kappa shape index (κ2) is 5.72. The van der Waals surface area contributed by atoms with Crippen LogP contribution in [0.4, 0.5) is 0 Å². The molecule has 0 fully saturated rings. The van der Waals surface area contributed by atoms with E-state index in [-0.39, 0.29) is 0 Å². The van der Waals surface area contributed by atoms with Crippen molar-refractivity contribution in [2.24, 2.45) is 5.92 Å². The van der Waals surface area contributed by atoms with Gasteiger partial charge < -0.3 is 5.32 Å². The molecule has 0 bridgehead atoms. The van der Waals surface area contributed by atoms with Crippen LogP contribution in [0.3, 0.4) is 0 Å². The molecule has 0 heterocycles. The minimum absolute atomic E-state index is 0.638. The largest absolute Gasteiger partial charge is 0.314 e. The number of hydrogen-bond donors (Lipinski definition) is 1. The zero-order valence-electron chi connectivity index (χ0n) is 7.78. The van der Waals surface area contributed by atoms with Crippen LogP contribution in [0.5, 0.6) is 0 Å². The van der Waals surface area contributed by atoms with Crippen LogP contribution in [-0.2, 0) is 0 Å². The Morgan fingerprint density at radius 1 is 1.20 bits per heavy atom. The molecule has 0 amide bonds. The average molecular weight is 143 g/mol. The Labute approximate surface area is 65.2 Å². The van der Waals surface area contributed by atoms with E-state index in [1.807, 2.05) is 0 Å². The molecule has 1 N–H and O–H groups in total. The molecule has 0 aromatic rings. The summed E-state index contributed by atoms with van der Waals surface area (Å²) in [4.78, 5) is 0. The normalized spacial score (nSPS) is 14.1. The molecule has 0 aliphatic heterocycles. The first kappa shape index (κ1) is 9.96. The highest BCUT2D eigenvalue weighted by Crippen LogP contribution is 2.02. The highest BCUT2D eigenvalue weighted by atomic mass is 14.9. The molecule has 0 saturated heterocycles. The number of rotatable bonds is 5. The van der Waals surface area contributed by atoms with Gasteiger partial charge in [0.25, 0.3) is 0 Å². The van der Waals surface area contributed by atoms with Gasteiger partial charge in [-0.3, -0.25) is 0 Å². The third-order valence-electron chi connectivity index (χ3n) is 1.66. The fraction of sp³-hybridized carbons (Fsp3) is 1.00. The van der Waals surface area contributed by atoms with E-state index in [4.69, 9.17) is 0 Å². The van der Waals surface area contributed by atoms with E-state index >= 15 is 0 Å². The summed E-state index contributed by atoms with van der Waals surface area (Å²) in [6.07, 6.45) is 2.65. The molecule has 0 aliphatic rings. The van der Waals surface area contributed by atoms with Crippen molar-refractivity contribution < 1.29 is 0 Å². The van der Waals surface area contributed by atoms with Crippen molar-refractivity contribution in [1.82, 2.24) is 5.32 Å². The summed E-state index contributed by atoms with van der Waals surface area (Å²) < 4.78 is 0. The Bertz CT molecular complexity index is 69.1. The van der Waals surface area contributed by atoms with Gasteiger partial charge in [0, 0.05) is 6.04 Å². The van der Waals surface area contributed by atoms with Crippen molar-refractivity contribution in [2.75, 3.05) is 6.54 Å². The average Bonchev–Trinajstić information content (AvgIpc) is 1.85. The second-order valence-electron chi connectivity index (χ2n) is 3.46. The lowest BCUT2D eigenvalue weighted by atomic mass is 10.1. The van der Waals surface area contributed by atoms with E-state index in [0.29, 0.717) is 6.04 Å². The maximum Gasteiger partial charge on any atom is 0.00104 e. The molecule has 1 heteroatoms. The van der Waals surface area contributed by atoms with Crippen molar-refractivity contribution in [3.8, 4) is 0 Å². The van der Waals surface area contributed by atoms with E-state index in [0.717, 1.165) is 5.92 Å². The summed E-state index contributed by atoms with van der Waals surface area (Å²) >= 11 is 0. The lowest BCUT2D eigenvalue weighted by Gasteiger charge is -2.13. The molecule has 0 spiro atoms. The van der Waals surface area contributed by atoms with E-state index in [1.165, 1.54) is 19.4 Å². The maximum absolute atomic E-state index is 3.43. The van der Waals surface area contributed by atoms with Gasteiger partial charge in [0.1, 0.15) is 0 Å². The molecule has 0 aromatic heterocycles. The molecule has 62 valence electrons. The SMILES string of the molecule is CCC[C@H](C)CNC(C)C. The third-order valence-corrected chi connectivity index (χ3v) is 1.66. The summed E-state index contributed by atoms with van der Waals surface area (Å²) in [6.45, 7) is 10.1. The Morgan fingerprint density at radius 2 is 1.80 bits per heavy atom. The van der Waals surface area contributed by atoms with Crippen LogP contribution in [-0.4, -0.2) is 12.6 Å². The first-order valence-corrected chi connectivity index (χ1v) is 4.40. The lowest BCUT2D eigenvalue weighted by Crippen LogP contribution is -2.27. The van der Waals surface area contributed by atoms with Crippen LogP contribution in [0.15, 0.2) is 0 Å². The predicted molar refractivity (Wildman–Crippen MR) is 47.2 cm³/mol. The van der Waals surface area contributed by atoms with Crippen LogP contribution in [0.25, 0.3) is 0 Å². The van der Waals surface area contributed by atoms with Gasteiger partial charge in [0.05, 0.1) is 0 Å². The Hall–Kier alpha value is -0.0400. The van der Waals surface area contributed by atoms with Crippen LogP contribution >= 0.6 is 0 Å². The monoisotopic (exact) mass is 143 g/mol. The first-order chi connectivity index (χ1) is 4.66. The van der Waals surface area contributed by atoms with Gasteiger partial charge in [-0.2, -0.15) is 0 Å². The van der Waals surface area contributed by atoms with Crippen molar-refractivity contribution in [1.29, 1.82) is 0 Å². The van der Waals surface area contributed by atoms with E-state index in [2.05, 4.69) is 33.0 Å². The van der Waals surface area contributed by atoms with Gasteiger partial charge in [-0.1, -0.05) is 34.1 Å². The van der Waals surface area contributed by atoms with Crippen LogP contribution in [0.1, 0.15) is 40.5 Å². The minimum atomic E-state index is 0.638. The van der Waals surface area contributed by atoms with Crippen molar-refractivity contribution in [2.45, 2.75) is 46.6 Å². The maximum atomic E-state index is 3.43. The number of nitrogens with one attached hydrogen (secondary N) is 1. The molecule has 0 rings (SSSR count). The molecule has 10 heavy (non-hydrogen) atoms. The Balaban J connectivity index is 3.12. The van der Waals surface area contributed by atoms with Crippen LogP contribution in [0.2, 0.25) is 0 Å². The predicted octanol–water partition coefficient (Wildman–Crippen LogP) is 2.42. The molecule has 1 nitrogen and oxygen atoms in total. The zero-order chi connectivity index (χ0) is 7.98. The first-order valence-electron chi connectivity index (χ1n) is 4.40. The quantitative estimate of drug-likeness (QED) is 0.623. The summed E-state index contributed by atoms with van der Waals surface area (Å²) in [6, 6.07) is 0.638. The smallest absolute Gasteiger partial charge is 0.00104 e. The van der Waals surface area contributed by atoms with Gasteiger partial charge >= 0.3 is 0 Å². The van der Waals surface area contributed by atoms with Gasteiger partial charge in [-0.05, 0) is 18.9 Å². The van der Waals surface area contributed by atoms with Gasteiger partial charge in [-0.15, -0.1) is 0 Å². The van der Waals surface area contributed by atoms with E-state index < -0.39 is 0 Å². The fourth-order valence-electron chi connectivity index (χ4n) is 1.03. The molecule has 0 radical (unpaired) electrons. The second-order valence-corrected chi connectivity index (χ2v) is 3.46. The van der Waals surface area contributed by atoms with E-state index in [9.17, 15) is 0 Å². The molecular weight excluding hydrogens is 122 g/mol. The topological polar surface area (TPSA) is 12.0 Å². The molecule has 0 saturated carbocycles. The zero-order valence-corrected chi connectivity index (χ0v) is 7.78. The van der Waals surface area contributed by atoms with E-state index in [1.54, 1.807) is 0 Å². The van der Waals surface area contributed by atoms with Crippen molar-refractivity contribution in [3.05, 3.63) is 0 Å².